The Morgan fingerprint density at radius 1 is 0.913 bits per heavy atom. The lowest BCUT2D eigenvalue weighted by Gasteiger charge is -2.31. The molecule has 0 bridgehead atoms. The van der Waals surface area contributed by atoms with Crippen LogP contribution in [-0.2, 0) is 20.3 Å². The van der Waals surface area contributed by atoms with Crippen molar-refractivity contribution in [2.45, 2.75) is 51.9 Å². The molecule has 0 aromatic heterocycles. The quantitative estimate of drug-likeness (QED) is 0.265. The van der Waals surface area contributed by atoms with Crippen molar-refractivity contribution < 1.29 is 27.1 Å². The summed E-state index contributed by atoms with van der Waals surface area (Å²) < 4.78 is 56.1. The summed E-state index contributed by atoms with van der Waals surface area (Å²) in [6, 6.07) is 1.52. The Morgan fingerprint density at radius 2 is 1.52 bits per heavy atom. The summed E-state index contributed by atoms with van der Waals surface area (Å²) in [7, 11) is 0.494. The lowest BCUT2D eigenvalue weighted by Crippen LogP contribution is -2.38. The zero-order valence-corrected chi connectivity index (χ0v) is 16.0. The van der Waals surface area contributed by atoms with Gasteiger partial charge in [0.15, 0.2) is 22.1 Å². The summed E-state index contributed by atoms with van der Waals surface area (Å²) in [5.74, 6) is -3.86. The first-order chi connectivity index (χ1) is 11.0. The SMILES string of the molecule is CCOC(CCCCCc1cc(F)c(F)cc1F)(O[SiH3])OCC. The minimum absolute atomic E-state index is 0.198. The molecule has 0 radical (unpaired) electrons. The minimum Gasteiger partial charge on any atom is -0.380 e. The number of rotatable bonds is 11. The van der Waals surface area contributed by atoms with E-state index >= 15 is 0 Å². The van der Waals surface area contributed by atoms with E-state index in [1.807, 2.05) is 13.8 Å². The normalized spacial score (nSPS) is 12.0. The van der Waals surface area contributed by atoms with Gasteiger partial charge in [-0.05, 0) is 44.7 Å². The average Bonchev–Trinajstić information content (AvgIpc) is 2.52. The molecule has 132 valence electrons. The molecule has 7 heteroatoms. The van der Waals surface area contributed by atoms with Crippen LogP contribution in [-0.4, -0.2) is 29.7 Å². The maximum absolute atomic E-state index is 13.5. The van der Waals surface area contributed by atoms with Crippen LogP contribution in [0.2, 0.25) is 0 Å². The van der Waals surface area contributed by atoms with E-state index in [9.17, 15) is 13.2 Å². The Balaban J connectivity index is 2.43. The number of benzene rings is 1. The van der Waals surface area contributed by atoms with Gasteiger partial charge in [0, 0.05) is 25.7 Å². The highest BCUT2D eigenvalue weighted by atomic mass is 28.2. The fourth-order valence-electron chi connectivity index (χ4n) is 2.43. The molecule has 0 atom stereocenters. The van der Waals surface area contributed by atoms with Gasteiger partial charge in [-0.3, -0.25) is 0 Å². The summed E-state index contributed by atoms with van der Waals surface area (Å²) in [5.41, 5.74) is 0.198. The van der Waals surface area contributed by atoms with Crippen molar-refractivity contribution in [3.8, 4) is 0 Å². The summed E-state index contributed by atoms with van der Waals surface area (Å²) in [6.07, 6.45) is 3.16. The maximum Gasteiger partial charge on any atom is 0.272 e. The molecule has 0 aliphatic rings. The van der Waals surface area contributed by atoms with Gasteiger partial charge in [-0.2, -0.15) is 0 Å². The first-order valence-corrected chi connectivity index (χ1v) is 8.76. The fourth-order valence-corrected chi connectivity index (χ4v) is 2.87. The molecule has 1 aromatic carbocycles. The van der Waals surface area contributed by atoms with Gasteiger partial charge >= 0.3 is 0 Å². The predicted octanol–water partition coefficient (Wildman–Crippen LogP) is 3.23. The van der Waals surface area contributed by atoms with Crippen LogP contribution in [0.4, 0.5) is 13.2 Å². The zero-order valence-electron chi connectivity index (χ0n) is 14.0. The third-order valence-corrected chi connectivity index (χ3v) is 4.18. The second-order valence-corrected chi connectivity index (χ2v) is 5.58. The first kappa shape index (κ1) is 20.2. The molecule has 0 N–H and O–H groups in total. The van der Waals surface area contributed by atoms with Crippen LogP contribution in [0.1, 0.15) is 45.1 Å². The molecule has 0 unspecified atom stereocenters. The largest absolute Gasteiger partial charge is 0.380 e. The highest BCUT2D eigenvalue weighted by Gasteiger charge is 2.29. The van der Waals surface area contributed by atoms with Gasteiger partial charge in [-0.25, -0.2) is 13.2 Å². The molecule has 0 aliphatic carbocycles. The Kier molecular flexibility index (Phi) is 8.83. The monoisotopic (exact) mass is 350 g/mol. The smallest absolute Gasteiger partial charge is 0.272 e. The van der Waals surface area contributed by atoms with E-state index in [1.54, 1.807) is 0 Å². The van der Waals surface area contributed by atoms with Gasteiger partial charge in [0.2, 0.25) is 0 Å². The van der Waals surface area contributed by atoms with Crippen molar-refractivity contribution >= 4 is 10.5 Å². The molecule has 0 amide bonds. The lowest BCUT2D eigenvalue weighted by atomic mass is 10.0. The predicted molar refractivity (Wildman–Crippen MR) is 85.5 cm³/mol. The van der Waals surface area contributed by atoms with E-state index < -0.39 is 23.4 Å². The van der Waals surface area contributed by atoms with E-state index in [2.05, 4.69) is 0 Å². The Bertz CT molecular complexity index is 480. The summed E-state index contributed by atoms with van der Waals surface area (Å²) in [6.45, 7) is 4.73. The fraction of sp³-hybridized carbons (Fsp3) is 0.625. The number of unbranched alkanes of at least 4 members (excludes halogenated alkanes) is 2. The molecule has 23 heavy (non-hydrogen) atoms. The molecule has 0 saturated heterocycles. The van der Waals surface area contributed by atoms with E-state index in [1.165, 1.54) is 0 Å². The molecule has 0 aliphatic heterocycles. The van der Waals surface area contributed by atoms with Crippen molar-refractivity contribution in [1.29, 1.82) is 0 Å². The van der Waals surface area contributed by atoms with Gasteiger partial charge in [-0.15, -0.1) is 0 Å². The minimum atomic E-state index is -1.16. The maximum atomic E-state index is 13.5. The molecule has 1 aromatic rings. The summed E-state index contributed by atoms with van der Waals surface area (Å²) >= 11 is 0. The Morgan fingerprint density at radius 3 is 2.09 bits per heavy atom. The van der Waals surface area contributed by atoms with Crippen LogP contribution in [0.25, 0.3) is 0 Å². The third kappa shape index (κ3) is 6.25. The Labute approximate surface area is 138 Å². The van der Waals surface area contributed by atoms with Gasteiger partial charge < -0.3 is 13.9 Å². The first-order valence-electron chi connectivity index (χ1n) is 7.94. The average molecular weight is 350 g/mol. The van der Waals surface area contributed by atoms with E-state index in [0.717, 1.165) is 18.9 Å². The molecule has 3 nitrogen and oxygen atoms in total. The van der Waals surface area contributed by atoms with Crippen molar-refractivity contribution in [1.82, 2.24) is 0 Å². The summed E-state index contributed by atoms with van der Waals surface area (Å²) in [4.78, 5) is 0. The van der Waals surface area contributed by atoms with Crippen molar-refractivity contribution in [3.05, 3.63) is 35.1 Å². The van der Waals surface area contributed by atoms with Crippen molar-refractivity contribution in [2.75, 3.05) is 13.2 Å². The topological polar surface area (TPSA) is 27.7 Å². The number of hydrogen-bond donors (Lipinski definition) is 0. The molecular formula is C16H25F3O3Si. The van der Waals surface area contributed by atoms with Gasteiger partial charge in [0.1, 0.15) is 5.82 Å². The van der Waals surface area contributed by atoms with Gasteiger partial charge in [0.05, 0.1) is 0 Å². The highest BCUT2D eigenvalue weighted by molar-refractivity contribution is 5.98. The van der Waals surface area contributed by atoms with Crippen LogP contribution in [0.5, 0.6) is 0 Å². The second kappa shape index (κ2) is 10.1. The summed E-state index contributed by atoms with van der Waals surface area (Å²) in [5, 5.41) is 0. The van der Waals surface area contributed by atoms with Crippen molar-refractivity contribution in [2.24, 2.45) is 0 Å². The Hall–Kier alpha value is -0.893. The molecule has 0 heterocycles. The van der Waals surface area contributed by atoms with Crippen LogP contribution < -0.4 is 0 Å². The van der Waals surface area contributed by atoms with E-state index in [-0.39, 0.29) is 5.56 Å². The third-order valence-electron chi connectivity index (χ3n) is 3.56. The van der Waals surface area contributed by atoms with Crippen LogP contribution in [0, 0.1) is 17.5 Å². The lowest BCUT2D eigenvalue weighted by molar-refractivity contribution is -0.344. The van der Waals surface area contributed by atoms with Gasteiger partial charge in [0.25, 0.3) is 5.97 Å². The van der Waals surface area contributed by atoms with Crippen LogP contribution in [0.3, 0.4) is 0 Å². The van der Waals surface area contributed by atoms with Crippen molar-refractivity contribution in [3.63, 3.8) is 0 Å². The number of aryl methyl sites for hydroxylation is 1. The second-order valence-electron chi connectivity index (χ2n) is 5.17. The van der Waals surface area contributed by atoms with E-state index in [4.69, 9.17) is 13.9 Å². The number of halogens is 3. The highest BCUT2D eigenvalue weighted by Crippen LogP contribution is 2.23. The van der Waals surface area contributed by atoms with Crippen LogP contribution in [0.15, 0.2) is 12.1 Å². The number of hydrogen-bond acceptors (Lipinski definition) is 3. The standard InChI is InChI=1S/C16H25F3O3Si/c1-3-20-16(22-23,21-4-2)9-7-5-6-8-12-10-14(18)15(19)11-13(12)17/h10-11H,3-9H2,1-2,23H3. The molecule has 0 spiro atoms. The van der Waals surface area contributed by atoms with Crippen LogP contribution >= 0.6 is 0 Å². The molecule has 1 rings (SSSR count). The zero-order chi connectivity index (χ0) is 17.3. The van der Waals surface area contributed by atoms with E-state index in [0.29, 0.717) is 49.0 Å². The molecular weight excluding hydrogens is 325 g/mol. The molecule has 0 saturated carbocycles. The van der Waals surface area contributed by atoms with Gasteiger partial charge in [-0.1, -0.05) is 6.42 Å². The molecule has 0 fully saturated rings. The number of ether oxygens (including phenoxy) is 2.